The molecule has 18 heavy (non-hydrogen) atoms. The highest BCUT2D eigenvalue weighted by molar-refractivity contribution is 5.22. The molecule has 2 rings (SSSR count). The summed E-state index contributed by atoms with van der Waals surface area (Å²) in [7, 11) is 0. The van der Waals surface area contributed by atoms with E-state index in [1.807, 2.05) is 0 Å². The zero-order valence-corrected chi connectivity index (χ0v) is 9.41. The first-order valence-corrected chi connectivity index (χ1v) is 5.31. The van der Waals surface area contributed by atoms with Crippen LogP contribution in [0.25, 0.3) is 0 Å². The molecule has 1 aromatic heterocycles. The standard InChI is InChI=1S/C12H11F2N3O/c13-9-2-1-7(10(14)4-9)3-11-16-6-8(5-15)12(18)17-11/h1-2,4,6H,3,5,15H2,(H,16,17,18). The van der Waals surface area contributed by atoms with Crippen molar-refractivity contribution >= 4 is 0 Å². The van der Waals surface area contributed by atoms with Gasteiger partial charge in [-0.15, -0.1) is 0 Å². The van der Waals surface area contributed by atoms with Gasteiger partial charge in [0.15, 0.2) is 0 Å². The Balaban J connectivity index is 2.29. The molecule has 0 unspecified atom stereocenters. The fourth-order valence-electron chi connectivity index (χ4n) is 1.54. The Morgan fingerprint density at radius 1 is 1.28 bits per heavy atom. The van der Waals surface area contributed by atoms with Gasteiger partial charge in [-0.05, 0) is 11.6 Å². The summed E-state index contributed by atoms with van der Waals surface area (Å²) in [5.41, 5.74) is 5.61. The van der Waals surface area contributed by atoms with Crippen molar-refractivity contribution in [2.45, 2.75) is 13.0 Å². The van der Waals surface area contributed by atoms with Gasteiger partial charge in [0.1, 0.15) is 17.5 Å². The molecule has 4 nitrogen and oxygen atoms in total. The zero-order valence-electron chi connectivity index (χ0n) is 9.41. The van der Waals surface area contributed by atoms with Gasteiger partial charge in [-0.1, -0.05) is 6.07 Å². The number of nitrogens with two attached hydrogens (primary N) is 1. The lowest BCUT2D eigenvalue weighted by molar-refractivity contribution is 0.573. The van der Waals surface area contributed by atoms with Gasteiger partial charge in [0, 0.05) is 30.8 Å². The highest BCUT2D eigenvalue weighted by atomic mass is 19.1. The van der Waals surface area contributed by atoms with Crippen LogP contribution in [0.1, 0.15) is 17.0 Å². The minimum atomic E-state index is -0.666. The molecule has 0 saturated carbocycles. The average Bonchev–Trinajstić information content (AvgIpc) is 2.33. The Morgan fingerprint density at radius 3 is 2.67 bits per heavy atom. The predicted molar refractivity (Wildman–Crippen MR) is 61.9 cm³/mol. The molecule has 0 radical (unpaired) electrons. The van der Waals surface area contributed by atoms with Crippen molar-refractivity contribution in [3.63, 3.8) is 0 Å². The van der Waals surface area contributed by atoms with Crippen LogP contribution in [-0.4, -0.2) is 9.97 Å². The van der Waals surface area contributed by atoms with Crippen molar-refractivity contribution in [1.82, 2.24) is 9.97 Å². The zero-order chi connectivity index (χ0) is 13.1. The van der Waals surface area contributed by atoms with E-state index in [-0.39, 0.29) is 24.1 Å². The molecular weight excluding hydrogens is 240 g/mol. The van der Waals surface area contributed by atoms with Gasteiger partial charge >= 0.3 is 0 Å². The number of benzene rings is 1. The van der Waals surface area contributed by atoms with E-state index in [0.717, 1.165) is 12.1 Å². The summed E-state index contributed by atoms with van der Waals surface area (Å²) in [5, 5.41) is 0. The van der Waals surface area contributed by atoms with Crippen LogP contribution in [0.15, 0.2) is 29.2 Å². The second-order valence-electron chi connectivity index (χ2n) is 3.80. The maximum atomic E-state index is 13.4. The number of aromatic amines is 1. The number of nitrogens with one attached hydrogen (secondary N) is 1. The first kappa shape index (κ1) is 12.4. The second-order valence-corrected chi connectivity index (χ2v) is 3.80. The van der Waals surface area contributed by atoms with E-state index in [1.165, 1.54) is 12.3 Å². The molecule has 0 aliphatic rings. The Bertz CT molecular complexity index is 625. The largest absolute Gasteiger partial charge is 0.326 e. The fraction of sp³-hybridized carbons (Fsp3) is 0.167. The molecule has 0 amide bonds. The van der Waals surface area contributed by atoms with Crippen LogP contribution in [0.4, 0.5) is 8.78 Å². The smallest absolute Gasteiger partial charge is 0.255 e. The number of halogens is 2. The SMILES string of the molecule is NCc1cnc(Cc2ccc(F)cc2F)[nH]c1=O. The monoisotopic (exact) mass is 251 g/mol. The van der Waals surface area contributed by atoms with E-state index in [1.54, 1.807) is 0 Å². The first-order valence-electron chi connectivity index (χ1n) is 5.31. The highest BCUT2D eigenvalue weighted by Gasteiger charge is 2.07. The maximum absolute atomic E-state index is 13.4. The number of H-pyrrole nitrogens is 1. The van der Waals surface area contributed by atoms with Crippen molar-refractivity contribution < 1.29 is 8.78 Å². The van der Waals surface area contributed by atoms with Gasteiger partial charge in [-0.3, -0.25) is 4.79 Å². The minimum absolute atomic E-state index is 0.0895. The molecule has 6 heteroatoms. The summed E-state index contributed by atoms with van der Waals surface area (Å²) in [6.45, 7) is 0.0908. The lowest BCUT2D eigenvalue weighted by Gasteiger charge is -2.04. The van der Waals surface area contributed by atoms with Crippen LogP contribution in [0.3, 0.4) is 0 Å². The van der Waals surface area contributed by atoms with Crippen molar-refractivity contribution in [3.8, 4) is 0 Å². The summed E-state index contributed by atoms with van der Waals surface area (Å²) >= 11 is 0. The van der Waals surface area contributed by atoms with Crippen LogP contribution in [0.2, 0.25) is 0 Å². The third-order valence-electron chi connectivity index (χ3n) is 2.52. The lowest BCUT2D eigenvalue weighted by Crippen LogP contribution is -2.19. The van der Waals surface area contributed by atoms with Crippen molar-refractivity contribution in [3.05, 3.63) is 63.3 Å². The fourth-order valence-corrected chi connectivity index (χ4v) is 1.54. The molecule has 0 saturated heterocycles. The quantitative estimate of drug-likeness (QED) is 0.858. The van der Waals surface area contributed by atoms with E-state index in [0.29, 0.717) is 11.4 Å². The molecule has 2 aromatic rings. The summed E-state index contributed by atoms with van der Waals surface area (Å²) in [5.74, 6) is -1.00. The van der Waals surface area contributed by atoms with Crippen LogP contribution in [-0.2, 0) is 13.0 Å². The number of hydrogen-bond donors (Lipinski definition) is 2. The van der Waals surface area contributed by atoms with Gasteiger partial charge < -0.3 is 10.7 Å². The van der Waals surface area contributed by atoms with Crippen LogP contribution >= 0.6 is 0 Å². The Kier molecular flexibility index (Phi) is 3.47. The minimum Gasteiger partial charge on any atom is -0.326 e. The van der Waals surface area contributed by atoms with Gasteiger partial charge in [-0.2, -0.15) is 0 Å². The third-order valence-corrected chi connectivity index (χ3v) is 2.52. The van der Waals surface area contributed by atoms with E-state index >= 15 is 0 Å². The molecule has 0 aliphatic heterocycles. The van der Waals surface area contributed by atoms with E-state index in [2.05, 4.69) is 9.97 Å². The highest BCUT2D eigenvalue weighted by Crippen LogP contribution is 2.12. The van der Waals surface area contributed by atoms with Crippen LogP contribution < -0.4 is 11.3 Å². The molecule has 94 valence electrons. The van der Waals surface area contributed by atoms with Crippen molar-refractivity contribution in [2.24, 2.45) is 5.73 Å². The van der Waals surface area contributed by atoms with Crippen molar-refractivity contribution in [2.75, 3.05) is 0 Å². The number of rotatable bonds is 3. The van der Waals surface area contributed by atoms with Gasteiger partial charge in [0.25, 0.3) is 5.56 Å². The molecular formula is C12H11F2N3O. The summed E-state index contributed by atoms with van der Waals surface area (Å²) in [4.78, 5) is 18.0. The topological polar surface area (TPSA) is 71.8 Å². The Hall–Kier alpha value is -2.08. The molecule has 1 aromatic carbocycles. The lowest BCUT2D eigenvalue weighted by atomic mass is 10.1. The van der Waals surface area contributed by atoms with E-state index < -0.39 is 11.6 Å². The van der Waals surface area contributed by atoms with Gasteiger partial charge in [0.05, 0.1) is 0 Å². The second kappa shape index (κ2) is 5.05. The molecule has 0 bridgehead atoms. The summed E-state index contributed by atoms with van der Waals surface area (Å²) in [6, 6.07) is 3.27. The number of nitrogens with zero attached hydrogens (tertiary/aromatic N) is 1. The van der Waals surface area contributed by atoms with Crippen LogP contribution in [0.5, 0.6) is 0 Å². The van der Waals surface area contributed by atoms with Gasteiger partial charge in [0.2, 0.25) is 0 Å². The Labute approximate surface area is 101 Å². The number of hydrogen-bond acceptors (Lipinski definition) is 3. The molecule has 0 fully saturated rings. The predicted octanol–water partition coefficient (Wildman–Crippen LogP) is 1.10. The summed E-state index contributed by atoms with van der Waals surface area (Å²) in [6.07, 6.45) is 1.45. The normalized spacial score (nSPS) is 10.6. The third kappa shape index (κ3) is 2.60. The van der Waals surface area contributed by atoms with Crippen LogP contribution in [0, 0.1) is 11.6 Å². The number of aromatic nitrogens is 2. The first-order chi connectivity index (χ1) is 8.60. The molecule has 3 N–H and O–H groups in total. The maximum Gasteiger partial charge on any atom is 0.255 e. The molecule has 1 heterocycles. The van der Waals surface area contributed by atoms with Crippen molar-refractivity contribution in [1.29, 1.82) is 0 Å². The average molecular weight is 251 g/mol. The van der Waals surface area contributed by atoms with Gasteiger partial charge in [-0.25, -0.2) is 13.8 Å². The molecule has 0 atom stereocenters. The molecule has 0 aliphatic carbocycles. The molecule has 0 spiro atoms. The Morgan fingerprint density at radius 2 is 2.06 bits per heavy atom. The summed E-state index contributed by atoms with van der Waals surface area (Å²) < 4.78 is 26.1. The van der Waals surface area contributed by atoms with E-state index in [4.69, 9.17) is 5.73 Å². The van der Waals surface area contributed by atoms with E-state index in [9.17, 15) is 13.6 Å².